The van der Waals surface area contributed by atoms with Gasteiger partial charge in [-0.15, -0.1) is 10.2 Å². The van der Waals surface area contributed by atoms with Crippen molar-refractivity contribution in [2.24, 2.45) is 0 Å². The van der Waals surface area contributed by atoms with Crippen LogP contribution in [0, 0.1) is 20.8 Å². The molecule has 0 N–H and O–H groups in total. The van der Waals surface area contributed by atoms with Crippen LogP contribution >= 0.6 is 0 Å². The normalized spacial score (nSPS) is 11.2. The van der Waals surface area contributed by atoms with E-state index < -0.39 is 0 Å². The average molecular weight is 222 g/mol. The molecule has 0 bridgehead atoms. The molecule has 17 heavy (non-hydrogen) atoms. The van der Waals surface area contributed by atoms with E-state index in [1.54, 1.807) is 0 Å². The van der Waals surface area contributed by atoms with Crippen LogP contribution < -0.4 is 0 Å². The number of rotatable bonds is 0. The molecular formula is C15H14N2. The van der Waals surface area contributed by atoms with E-state index in [2.05, 4.69) is 61.3 Å². The smallest absolute Gasteiger partial charge is 0.0941 e. The molecule has 0 atom stereocenters. The van der Waals surface area contributed by atoms with Gasteiger partial charge in [0, 0.05) is 10.8 Å². The van der Waals surface area contributed by atoms with Gasteiger partial charge in [-0.05, 0) is 49.6 Å². The summed E-state index contributed by atoms with van der Waals surface area (Å²) in [5.41, 5.74) is 5.68. The number of hydrogen-bond acceptors (Lipinski definition) is 2. The molecule has 3 rings (SSSR count). The second-order valence-corrected chi connectivity index (χ2v) is 4.70. The molecule has 0 radical (unpaired) electrons. The Morgan fingerprint density at radius 2 is 1.47 bits per heavy atom. The van der Waals surface area contributed by atoms with Crippen LogP contribution in [0.4, 0.5) is 0 Å². The maximum atomic E-state index is 4.32. The molecule has 2 aromatic carbocycles. The number of fused-ring (bicyclic) bond motifs is 3. The first-order chi connectivity index (χ1) is 8.15. The molecule has 0 unspecified atom stereocenters. The lowest BCUT2D eigenvalue weighted by Crippen LogP contribution is -1.91. The number of aryl methyl sites for hydroxylation is 3. The predicted octanol–water partition coefficient (Wildman–Crippen LogP) is 3.71. The van der Waals surface area contributed by atoms with Gasteiger partial charge in [-0.1, -0.05) is 18.2 Å². The SMILES string of the molecule is Cc1ccc2c(c1)nnc1cc(C)cc(C)c12. The fourth-order valence-corrected chi connectivity index (χ4v) is 2.42. The van der Waals surface area contributed by atoms with Crippen LogP contribution in [0.2, 0.25) is 0 Å². The first-order valence-corrected chi connectivity index (χ1v) is 5.79. The summed E-state index contributed by atoms with van der Waals surface area (Å²) in [6, 6.07) is 10.6. The van der Waals surface area contributed by atoms with Crippen molar-refractivity contribution < 1.29 is 0 Å². The van der Waals surface area contributed by atoms with Crippen molar-refractivity contribution in [1.29, 1.82) is 0 Å². The van der Waals surface area contributed by atoms with Crippen molar-refractivity contribution in [3.63, 3.8) is 0 Å². The standard InChI is InChI=1S/C15H14N2/c1-9-4-5-12-13(7-9)16-17-14-8-10(2)6-11(3)15(12)14/h4-8H,1-3H3. The average Bonchev–Trinajstić information content (AvgIpc) is 2.28. The minimum Gasteiger partial charge on any atom is -0.150 e. The molecule has 2 heteroatoms. The lowest BCUT2D eigenvalue weighted by molar-refractivity contribution is 1.12. The topological polar surface area (TPSA) is 25.8 Å². The van der Waals surface area contributed by atoms with Crippen LogP contribution in [0.15, 0.2) is 30.3 Å². The van der Waals surface area contributed by atoms with Crippen LogP contribution in [0.1, 0.15) is 16.7 Å². The van der Waals surface area contributed by atoms with Gasteiger partial charge in [0.2, 0.25) is 0 Å². The summed E-state index contributed by atoms with van der Waals surface area (Å²) < 4.78 is 0. The maximum absolute atomic E-state index is 4.32. The molecule has 0 aliphatic heterocycles. The molecule has 2 nitrogen and oxygen atoms in total. The molecule has 0 saturated heterocycles. The number of nitrogens with zero attached hydrogens (tertiary/aromatic N) is 2. The quantitative estimate of drug-likeness (QED) is 0.542. The van der Waals surface area contributed by atoms with Crippen molar-refractivity contribution in [2.75, 3.05) is 0 Å². The van der Waals surface area contributed by atoms with Gasteiger partial charge in [-0.25, -0.2) is 0 Å². The molecule has 1 heterocycles. The summed E-state index contributed by atoms with van der Waals surface area (Å²) in [5.74, 6) is 0. The Bertz CT molecular complexity index is 730. The lowest BCUT2D eigenvalue weighted by atomic mass is 10.0. The first-order valence-electron chi connectivity index (χ1n) is 5.79. The molecule has 0 aliphatic rings. The van der Waals surface area contributed by atoms with Crippen molar-refractivity contribution in [3.05, 3.63) is 47.0 Å². The Morgan fingerprint density at radius 1 is 0.765 bits per heavy atom. The Kier molecular flexibility index (Phi) is 2.11. The minimum absolute atomic E-state index is 0.976. The first kappa shape index (κ1) is 10.2. The molecular weight excluding hydrogens is 208 g/mol. The van der Waals surface area contributed by atoms with Crippen molar-refractivity contribution in [1.82, 2.24) is 10.2 Å². The second kappa shape index (κ2) is 3.52. The number of aromatic nitrogens is 2. The van der Waals surface area contributed by atoms with Crippen molar-refractivity contribution in [2.45, 2.75) is 20.8 Å². The van der Waals surface area contributed by atoms with Crippen LogP contribution in [-0.2, 0) is 0 Å². The molecule has 0 amide bonds. The van der Waals surface area contributed by atoms with E-state index in [4.69, 9.17) is 0 Å². The van der Waals surface area contributed by atoms with Gasteiger partial charge in [0.15, 0.2) is 0 Å². The second-order valence-electron chi connectivity index (χ2n) is 4.70. The highest BCUT2D eigenvalue weighted by atomic mass is 15.1. The Labute approximate surface area is 100 Å². The molecule has 0 aliphatic carbocycles. The zero-order valence-corrected chi connectivity index (χ0v) is 10.3. The van der Waals surface area contributed by atoms with Crippen LogP contribution in [-0.4, -0.2) is 10.2 Å². The molecule has 0 spiro atoms. The van der Waals surface area contributed by atoms with Crippen molar-refractivity contribution >= 4 is 21.8 Å². The van der Waals surface area contributed by atoms with Crippen molar-refractivity contribution in [3.8, 4) is 0 Å². The zero-order chi connectivity index (χ0) is 12.0. The van der Waals surface area contributed by atoms with E-state index in [0.29, 0.717) is 0 Å². The van der Waals surface area contributed by atoms with E-state index in [0.717, 1.165) is 11.0 Å². The maximum Gasteiger partial charge on any atom is 0.0941 e. The summed E-state index contributed by atoms with van der Waals surface area (Å²) in [6.07, 6.45) is 0. The summed E-state index contributed by atoms with van der Waals surface area (Å²) in [7, 11) is 0. The van der Waals surface area contributed by atoms with E-state index in [-0.39, 0.29) is 0 Å². The van der Waals surface area contributed by atoms with Gasteiger partial charge < -0.3 is 0 Å². The molecule has 84 valence electrons. The Hall–Kier alpha value is -1.96. The Morgan fingerprint density at radius 3 is 2.29 bits per heavy atom. The Balaban J connectivity index is 2.55. The molecule has 1 aromatic heterocycles. The fourth-order valence-electron chi connectivity index (χ4n) is 2.42. The lowest BCUT2D eigenvalue weighted by Gasteiger charge is -2.07. The van der Waals surface area contributed by atoms with E-state index >= 15 is 0 Å². The monoisotopic (exact) mass is 222 g/mol. The highest BCUT2D eigenvalue weighted by Crippen LogP contribution is 2.26. The predicted molar refractivity (Wildman–Crippen MR) is 71.3 cm³/mol. The zero-order valence-electron chi connectivity index (χ0n) is 10.3. The number of hydrogen-bond donors (Lipinski definition) is 0. The van der Waals surface area contributed by atoms with Crippen LogP contribution in [0.25, 0.3) is 21.8 Å². The van der Waals surface area contributed by atoms with E-state index in [1.165, 1.54) is 27.5 Å². The van der Waals surface area contributed by atoms with Gasteiger partial charge in [-0.2, -0.15) is 0 Å². The third kappa shape index (κ3) is 1.57. The molecule has 0 fully saturated rings. The third-order valence-electron chi connectivity index (χ3n) is 3.15. The van der Waals surface area contributed by atoms with Gasteiger partial charge in [0.25, 0.3) is 0 Å². The largest absolute Gasteiger partial charge is 0.150 e. The summed E-state index contributed by atoms with van der Waals surface area (Å²) in [5, 5.41) is 11.0. The van der Waals surface area contributed by atoms with Crippen LogP contribution in [0.3, 0.4) is 0 Å². The molecule has 3 aromatic rings. The van der Waals surface area contributed by atoms with Gasteiger partial charge >= 0.3 is 0 Å². The van der Waals surface area contributed by atoms with Crippen LogP contribution in [0.5, 0.6) is 0 Å². The summed E-state index contributed by atoms with van der Waals surface area (Å²) in [6.45, 7) is 6.30. The highest BCUT2D eigenvalue weighted by molar-refractivity contribution is 6.05. The number of benzene rings is 2. The highest BCUT2D eigenvalue weighted by Gasteiger charge is 2.06. The minimum atomic E-state index is 0.976. The third-order valence-corrected chi connectivity index (χ3v) is 3.15. The van der Waals surface area contributed by atoms with E-state index in [9.17, 15) is 0 Å². The summed E-state index contributed by atoms with van der Waals surface area (Å²) >= 11 is 0. The fraction of sp³-hybridized carbons (Fsp3) is 0.200. The summed E-state index contributed by atoms with van der Waals surface area (Å²) in [4.78, 5) is 0. The van der Waals surface area contributed by atoms with E-state index in [1.807, 2.05) is 0 Å². The molecule has 0 saturated carbocycles. The van der Waals surface area contributed by atoms with Gasteiger partial charge in [-0.3, -0.25) is 0 Å². The van der Waals surface area contributed by atoms with Gasteiger partial charge in [0.05, 0.1) is 11.0 Å². The van der Waals surface area contributed by atoms with Gasteiger partial charge in [0.1, 0.15) is 0 Å².